The van der Waals surface area contributed by atoms with Crippen molar-refractivity contribution in [1.82, 2.24) is 19.4 Å². The maximum atomic E-state index is 13.7. The maximum Gasteiger partial charge on any atom is 0.253 e. The van der Waals surface area contributed by atoms with E-state index in [4.69, 9.17) is 0 Å². The van der Waals surface area contributed by atoms with Gasteiger partial charge in [0.25, 0.3) is 5.91 Å². The molecule has 4 rings (SSSR count). The fraction of sp³-hybridized carbons (Fsp3) is 0.417. The van der Waals surface area contributed by atoms with Gasteiger partial charge in [0, 0.05) is 44.3 Å². The minimum absolute atomic E-state index is 0.0588. The van der Waals surface area contributed by atoms with E-state index in [2.05, 4.69) is 23.7 Å². The van der Waals surface area contributed by atoms with E-state index in [1.807, 2.05) is 47.7 Å². The van der Waals surface area contributed by atoms with Crippen LogP contribution in [0.25, 0.3) is 11.0 Å². The standard InChI is InChI=1S/C24H29FN4O/c1-16(2)28-12-11-21(15-28)27(4)24(30)19-7-5-18(6-8-19)14-29-17(3)26-22-10-9-20(25)13-23(22)29/h5-10,13,16,21H,11-12,14-15H2,1-4H3. The summed E-state index contributed by atoms with van der Waals surface area (Å²) in [4.78, 5) is 21.8. The Morgan fingerprint density at radius 1 is 1.23 bits per heavy atom. The molecule has 2 aromatic carbocycles. The van der Waals surface area contributed by atoms with Crippen molar-refractivity contribution in [2.45, 2.75) is 45.8 Å². The molecule has 0 spiro atoms. The van der Waals surface area contributed by atoms with E-state index >= 15 is 0 Å². The van der Waals surface area contributed by atoms with Gasteiger partial charge >= 0.3 is 0 Å². The summed E-state index contributed by atoms with van der Waals surface area (Å²) in [5.74, 6) is 0.630. The van der Waals surface area contributed by atoms with E-state index in [0.717, 1.165) is 41.9 Å². The van der Waals surface area contributed by atoms with Gasteiger partial charge in [-0.25, -0.2) is 9.37 Å². The van der Waals surface area contributed by atoms with E-state index in [-0.39, 0.29) is 17.8 Å². The number of fused-ring (bicyclic) bond motifs is 1. The van der Waals surface area contributed by atoms with Crippen LogP contribution >= 0.6 is 0 Å². The molecular weight excluding hydrogens is 379 g/mol. The number of likely N-dealkylation sites (N-methyl/N-ethyl adjacent to an activating group) is 1. The summed E-state index contributed by atoms with van der Waals surface area (Å²) in [6.07, 6.45) is 1.02. The summed E-state index contributed by atoms with van der Waals surface area (Å²) in [6, 6.07) is 13.1. The van der Waals surface area contributed by atoms with E-state index < -0.39 is 0 Å². The normalized spacial score (nSPS) is 17.2. The molecule has 1 amide bonds. The Hall–Kier alpha value is -2.73. The second-order valence-corrected chi connectivity index (χ2v) is 8.52. The number of aryl methyl sites for hydroxylation is 1. The zero-order valence-corrected chi connectivity index (χ0v) is 18.1. The number of aromatic nitrogens is 2. The third kappa shape index (κ3) is 3.97. The molecule has 0 bridgehead atoms. The monoisotopic (exact) mass is 408 g/mol. The highest BCUT2D eigenvalue weighted by Gasteiger charge is 2.29. The van der Waals surface area contributed by atoms with Crippen molar-refractivity contribution in [3.8, 4) is 0 Å². The fourth-order valence-electron chi connectivity index (χ4n) is 4.27. The lowest BCUT2D eigenvalue weighted by atomic mass is 10.1. The third-order valence-electron chi connectivity index (χ3n) is 6.24. The summed E-state index contributed by atoms with van der Waals surface area (Å²) in [6.45, 7) is 8.87. The molecular formula is C24H29FN4O. The Morgan fingerprint density at radius 2 is 1.97 bits per heavy atom. The molecule has 1 aromatic heterocycles. The molecule has 0 saturated carbocycles. The third-order valence-corrected chi connectivity index (χ3v) is 6.24. The first-order chi connectivity index (χ1) is 14.3. The zero-order valence-electron chi connectivity index (χ0n) is 18.1. The number of hydrogen-bond donors (Lipinski definition) is 0. The van der Waals surface area contributed by atoms with Crippen LogP contribution in [-0.2, 0) is 6.54 Å². The van der Waals surface area contributed by atoms with Crippen LogP contribution in [0, 0.1) is 12.7 Å². The molecule has 5 nitrogen and oxygen atoms in total. The number of imidazole rings is 1. The average Bonchev–Trinajstić information content (AvgIpc) is 3.33. The van der Waals surface area contributed by atoms with Crippen molar-refractivity contribution in [1.29, 1.82) is 0 Å². The Balaban J connectivity index is 1.48. The highest BCUT2D eigenvalue weighted by Crippen LogP contribution is 2.21. The molecule has 0 aliphatic carbocycles. The number of halogens is 1. The first-order valence-electron chi connectivity index (χ1n) is 10.6. The van der Waals surface area contributed by atoms with Crippen molar-refractivity contribution in [3.63, 3.8) is 0 Å². The van der Waals surface area contributed by atoms with Gasteiger partial charge in [-0.2, -0.15) is 0 Å². The van der Waals surface area contributed by atoms with Gasteiger partial charge in [-0.1, -0.05) is 12.1 Å². The fourth-order valence-corrected chi connectivity index (χ4v) is 4.27. The second-order valence-electron chi connectivity index (χ2n) is 8.52. The van der Waals surface area contributed by atoms with Crippen LogP contribution in [0.2, 0.25) is 0 Å². The predicted molar refractivity (Wildman–Crippen MR) is 117 cm³/mol. The molecule has 0 radical (unpaired) electrons. The molecule has 1 aliphatic heterocycles. The van der Waals surface area contributed by atoms with Crippen molar-refractivity contribution in [3.05, 3.63) is 65.2 Å². The molecule has 1 atom stereocenters. The van der Waals surface area contributed by atoms with Gasteiger partial charge in [-0.3, -0.25) is 9.69 Å². The molecule has 1 saturated heterocycles. The number of benzene rings is 2. The SMILES string of the molecule is Cc1nc2ccc(F)cc2n1Cc1ccc(C(=O)N(C)C2CCN(C(C)C)C2)cc1. The summed E-state index contributed by atoms with van der Waals surface area (Å²) < 4.78 is 15.7. The van der Waals surface area contributed by atoms with Crippen LogP contribution in [0.15, 0.2) is 42.5 Å². The van der Waals surface area contributed by atoms with Gasteiger partial charge < -0.3 is 9.47 Å². The number of likely N-dealkylation sites (tertiary alicyclic amines) is 1. The molecule has 158 valence electrons. The van der Waals surface area contributed by atoms with Crippen LogP contribution < -0.4 is 0 Å². The highest BCUT2D eigenvalue weighted by molar-refractivity contribution is 5.94. The molecule has 1 unspecified atom stereocenters. The number of nitrogens with zero attached hydrogens (tertiary/aromatic N) is 4. The minimum atomic E-state index is -0.268. The van der Waals surface area contributed by atoms with Crippen LogP contribution in [0.4, 0.5) is 4.39 Å². The molecule has 1 fully saturated rings. The summed E-state index contributed by atoms with van der Waals surface area (Å²) in [7, 11) is 1.90. The smallest absolute Gasteiger partial charge is 0.253 e. The van der Waals surface area contributed by atoms with E-state index in [0.29, 0.717) is 18.2 Å². The molecule has 1 aliphatic rings. The van der Waals surface area contributed by atoms with E-state index in [9.17, 15) is 9.18 Å². The van der Waals surface area contributed by atoms with Gasteiger partial charge in [0.1, 0.15) is 11.6 Å². The zero-order chi connectivity index (χ0) is 21.4. The summed E-state index contributed by atoms with van der Waals surface area (Å²) in [5, 5.41) is 0. The van der Waals surface area contributed by atoms with Crippen molar-refractivity contribution < 1.29 is 9.18 Å². The number of carbonyl (C=O) groups excluding carboxylic acids is 1. The van der Waals surface area contributed by atoms with Gasteiger partial charge in [-0.15, -0.1) is 0 Å². The Morgan fingerprint density at radius 3 is 2.63 bits per heavy atom. The van der Waals surface area contributed by atoms with Gasteiger partial charge in [0.05, 0.1) is 11.0 Å². The topological polar surface area (TPSA) is 41.4 Å². The van der Waals surface area contributed by atoms with Crippen LogP contribution in [0.3, 0.4) is 0 Å². The van der Waals surface area contributed by atoms with Gasteiger partial charge in [0.2, 0.25) is 0 Å². The molecule has 0 N–H and O–H groups in total. The lowest BCUT2D eigenvalue weighted by Crippen LogP contribution is -2.40. The van der Waals surface area contributed by atoms with Crippen molar-refractivity contribution >= 4 is 16.9 Å². The van der Waals surface area contributed by atoms with E-state index in [1.165, 1.54) is 12.1 Å². The number of carbonyl (C=O) groups is 1. The maximum absolute atomic E-state index is 13.7. The van der Waals surface area contributed by atoms with Crippen molar-refractivity contribution in [2.75, 3.05) is 20.1 Å². The lowest BCUT2D eigenvalue weighted by Gasteiger charge is -2.26. The van der Waals surface area contributed by atoms with E-state index in [1.54, 1.807) is 6.07 Å². The summed E-state index contributed by atoms with van der Waals surface area (Å²) >= 11 is 0. The van der Waals surface area contributed by atoms with Gasteiger partial charge in [-0.05, 0) is 63.1 Å². The largest absolute Gasteiger partial charge is 0.337 e. The Bertz CT molecular complexity index is 1060. The molecule has 2 heterocycles. The highest BCUT2D eigenvalue weighted by atomic mass is 19.1. The van der Waals surface area contributed by atoms with Crippen molar-refractivity contribution in [2.24, 2.45) is 0 Å². The molecule has 30 heavy (non-hydrogen) atoms. The average molecular weight is 409 g/mol. The molecule has 6 heteroatoms. The van der Waals surface area contributed by atoms with Gasteiger partial charge in [0.15, 0.2) is 0 Å². The van der Waals surface area contributed by atoms with Crippen LogP contribution in [-0.4, -0.2) is 57.5 Å². The van der Waals surface area contributed by atoms with Crippen LogP contribution in [0.1, 0.15) is 42.0 Å². The second kappa shape index (κ2) is 8.19. The Labute approximate surface area is 177 Å². The number of rotatable bonds is 5. The number of amides is 1. The lowest BCUT2D eigenvalue weighted by molar-refractivity contribution is 0.0732. The van der Waals surface area contributed by atoms with Crippen LogP contribution in [0.5, 0.6) is 0 Å². The Kier molecular flexibility index (Phi) is 5.60. The first-order valence-corrected chi connectivity index (χ1v) is 10.6. The quantitative estimate of drug-likeness (QED) is 0.639. The predicted octanol–water partition coefficient (Wildman–Crippen LogP) is 4.09. The minimum Gasteiger partial charge on any atom is -0.337 e. The molecule has 3 aromatic rings. The first kappa shape index (κ1) is 20.5. The number of hydrogen-bond acceptors (Lipinski definition) is 3. The summed E-state index contributed by atoms with van der Waals surface area (Å²) in [5.41, 5.74) is 3.31.